The fourth-order valence-electron chi connectivity index (χ4n) is 3.38. The molecule has 2 aromatic rings. The van der Waals surface area contributed by atoms with E-state index in [1.165, 1.54) is 12.1 Å². The molecule has 146 valence electrons. The second kappa shape index (κ2) is 7.98. The van der Waals surface area contributed by atoms with Gasteiger partial charge in [0, 0.05) is 18.8 Å². The van der Waals surface area contributed by atoms with Crippen LogP contribution in [0.15, 0.2) is 42.5 Å². The Bertz CT molecular complexity index is 1020. The number of piperidine rings is 1. The van der Waals surface area contributed by atoms with Crippen molar-refractivity contribution in [3.05, 3.63) is 65.0 Å². The molecule has 0 bridgehead atoms. The molecule has 0 radical (unpaired) electrons. The van der Waals surface area contributed by atoms with E-state index in [4.69, 9.17) is 5.26 Å². The molecular weight excluding hydrogens is 381 g/mol. The lowest BCUT2D eigenvalue weighted by molar-refractivity contribution is 0.0708. The van der Waals surface area contributed by atoms with Crippen LogP contribution >= 0.6 is 0 Å². The molecule has 2 aromatic carbocycles. The lowest BCUT2D eigenvalue weighted by atomic mass is 9.89. The van der Waals surface area contributed by atoms with Gasteiger partial charge in [-0.3, -0.25) is 9.52 Å². The number of nitrogens with one attached hydrogen (secondary N) is 1. The zero-order valence-corrected chi connectivity index (χ0v) is 16.2. The number of carbonyl (C=O) groups excluding carboxylic acids is 1. The molecule has 1 aliphatic heterocycles. The number of likely N-dealkylation sites (tertiary alicyclic amines) is 1. The van der Waals surface area contributed by atoms with Crippen LogP contribution in [-0.4, -0.2) is 38.6 Å². The van der Waals surface area contributed by atoms with Crippen LogP contribution in [0.4, 0.5) is 10.1 Å². The number of anilines is 1. The highest BCUT2D eigenvalue weighted by Gasteiger charge is 2.26. The van der Waals surface area contributed by atoms with Gasteiger partial charge in [0.15, 0.2) is 0 Å². The summed E-state index contributed by atoms with van der Waals surface area (Å²) >= 11 is 0. The standard InChI is InChI=1S/C20H20FN3O3S/c1-28(26,27)23-17-6-7-19(21)18(12-17)20(25)24-10-8-16(9-11-24)15-4-2-14(13-22)3-5-15/h2-7,12,16,23H,8-11H2,1H3. The van der Waals surface area contributed by atoms with Crippen molar-refractivity contribution in [3.8, 4) is 6.07 Å². The van der Waals surface area contributed by atoms with Crippen LogP contribution in [0.3, 0.4) is 0 Å². The average Bonchev–Trinajstić information content (AvgIpc) is 2.68. The number of amides is 1. The second-order valence-electron chi connectivity index (χ2n) is 6.87. The van der Waals surface area contributed by atoms with E-state index in [1.54, 1.807) is 17.0 Å². The minimum absolute atomic E-state index is 0.148. The summed E-state index contributed by atoms with van der Waals surface area (Å²) < 4.78 is 39.1. The van der Waals surface area contributed by atoms with Gasteiger partial charge in [0.05, 0.1) is 23.5 Å². The van der Waals surface area contributed by atoms with E-state index in [9.17, 15) is 17.6 Å². The predicted molar refractivity (Wildman–Crippen MR) is 104 cm³/mol. The molecule has 0 aromatic heterocycles. The minimum atomic E-state index is -3.52. The van der Waals surface area contributed by atoms with Gasteiger partial charge in [-0.1, -0.05) is 12.1 Å². The Morgan fingerprint density at radius 3 is 2.39 bits per heavy atom. The van der Waals surface area contributed by atoms with E-state index in [0.29, 0.717) is 18.7 Å². The molecule has 3 rings (SSSR count). The third-order valence-corrected chi connectivity index (χ3v) is 5.40. The molecule has 1 N–H and O–H groups in total. The number of sulfonamides is 1. The molecule has 1 amide bonds. The highest BCUT2D eigenvalue weighted by Crippen LogP contribution is 2.29. The Hall–Kier alpha value is -2.92. The van der Waals surface area contributed by atoms with E-state index in [2.05, 4.69) is 10.8 Å². The monoisotopic (exact) mass is 401 g/mol. The highest BCUT2D eigenvalue weighted by molar-refractivity contribution is 7.92. The van der Waals surface area contributed by atoms with Crippen molar-refractivity contribution in [3.63, 3.8) is 0 Å². The van der Waals surface area contributed by atoms with Crippen LogP contribution in [0.2, 0.25) is 0 Å². The number of hydrogen-bond donors (Lipinski definition) is 1. The average molecular weight is 401 g/mol. The zero-order chi connectivity index (χ0) is 20.3. The van der Waals surface area contributed by atoms with Gasteiger partial charge in [-0.05, 0) is 54.7 Å². The summed E-state index contributed by atoms with van der Waals surface area (Å²) in [4.78, 5) is 14.3. The van der Waals surface area contributed by atoms with Gasteiger partial charge in [0.2, 0.25) is 10.0 Å². The summed E-state index contributed by atoms with van der Waals surface area (Å²) in [7, 11) is -3.52. The minimum Gasteiger partial charge on any atom is -0.339 e. The van der Waals surface area contributed by atoms with Crippen molar-refractivity contribution in [1.29, 1.82) is 5.26 Å². The lowest BCUT2D eigenvalue weighted by Crippen LogP contribution is -2.38. The predicted octanol–water partition coefficient (Wildman–Crippen LogP) is 3.09. The van der Waals surface area contributed by atoms with Crippen molar-refractivity contribution >= 4 is 21.6 Å². The Kier molecular flexibility index (Phi) is 5.66. The molecule has 28 heavy (non-hydrogen) atoms. The van der Waals surface area contributed by atoms with Gasteiger partial charge >= 0.3 is 0 Å². The van der Waals surface area contributed by atoms with Gasteiger partial charge in [-0.25, -0.2) is 12.8 Å². The molecule has 0 spiro atoms. The maximum atomic E-state index is 14.2. The van der Waals surface area contributed by atoms with Gasteiger partial charge in [-0.15, -0.1) is 0 Å². The molecule has 0 atom stereocenters. The number of hydrogen-bond acceptors (Lipinski definition) is 4. The first-order valence-electron chi connectivity index (χ1n) is 8.83. The van der Waals surface area contributed by atoms with Crippen LogP contribution < -0.4 is 4.72 Å². The normalized spacial score (nSPS) is 15.1. The van der Waals surface area contributed by atoms with E-state index < -0.39 is 21.7 Å². The van der Waals surface area contributed by atoms with Gasteiger partial charge < -0.3 is 4.90 Å². The molecule has 0 unspecified atom stereocenters. The Morgan fingerprint density at radius 1 is 1.18 bits per heavy atom. The van der Waals surface area contributed by atoms with E-state index in [0.717, 1.165) is 30.7 Å². The fraction of sp³-hybridized carbons (Fsp3) is 0.300. The lowest BCUT2D eigenvalue weighted by Gasteiger charge is -2.32. The van der Waals surface area contributed by atoms with Crippen molar-refractivity contribution in [2.75, 3.05) is 24.1 Å². The first kappa shape index (κ1) is 19.8. The summed E-state index contributed by atoms with van der Waals surface area (Å²) in [5.74, 6) is -0.855. The van der Waals surface area contributed by atoms with Crippen molar-refractivity contribution in [2.24, 2.45) is 0 Å². The van der Waals surface area contributed by atoms with Crippen LogP contribution in [0.25, 0.3) is 0 Å². The van der Waals surface area contributed by atoms with E-state index in [-0.39, 0.29) is 17.2 Å². The van der Waals surface area contributed by atoms with Crippen LogP contribution in [0.5, 0.6) is 0 Å². The number of rotatable bonds is 4. The molecule has 6 nitrogen and oxygen atoms in total. The van der Waals surface area contributed by atoms with E-state index in [1.807, 2.05) is 12.1 Å². The van der Waals surface area contributed by atoms with E-state index >= 15 is 0 Å². The van der Waals surface area contributed by atoms with Crippen molar-refractivity contribution in [1.82, 2.24) is 4.90 Å². The topological polar surface area (TPSA) is 90.3 Å². The molecule has 0 aliphatic carbocycles. The quantitative estimate of drug-likeness (QED) is 0.852. The fourth-order valence-corrected chi connectivity index (χ4v) is 3.94. The number of carbonyl (C=O) groups is 1. The summed E-state index contributed by atoms with van der Waals surface area (Å²) in [6.07, 6.45) is 2.47. The van der Waals surface area contributed by atoms with Gasteiger partial charge in [0.25, 0.3) is 5.91 Å². The Morgan fingerprint density at radius 2 is 1.82 bits per heavy atom. The molecule has 1 saturated heterocycles. The third kappa shape index (κ3) is 4.67. The van der Waals surface area contributed by atoms with Crippen molar-refractivity contribution in [2.45, 2.75) is 18.8 Å². The van der Waals surface area contributed by atoms with Gasteiger partial charge in [-0.2, -0.15) is 5.26 Å². The summed E-state index contributed by atoms with van der Waals surface area (Å²) in [6.45, 7) is 0.958. The summed E-state index contributed by atoms with van der Waals surface area (Å²) in [5.41, 5.74) is 1.73. The largest absolute Gasteiger partial charge is 0.339 e. The smallest absolute Gasteiger partial charge is 0.256 e. The maximum absolute atomic E-state index is 14.2. The first-order valence-corrected chi connectivity index (χ1v) is 10.7. The van der Waals surface area contributed by atoms with Crippen molar-refractivity contribution < 1.29 is 17.6 Å². The number of benzene rings is 2. The highest BCUT2D eigenvalue weighted by atomic mass is 32.2. The van der Waals surface area contributed by atoms with Crippen LogP contribution in [-0.2, 0) is 10.0 Å². The molecule has 1 fully saturated rings. The molecule has 1 aliphatic rings. The molecule has 1 heterocycles. The Labute approximate surface area is 163 Å². The molecular formula is C20H20FN3O3S. The first-order chi connectivity index (χ1) is 13.3. The zero-order valence-electron chi connectivity index (χ0n) is 15.4. The third-order valence-electron chi connectivity index (χ3n) is 4.79. The summed E-state index contributed by atoms with van der Waals surface area (Å²) in [5, 5.41) is 8.88. The number of halogens is 1. The molecule has 0 saturated carbocycles. The maximum Gasteiger partial charge on any atom is 0.256 e. The SMILES string of the molecule is CS(=O)(=O)Nc1ccc(F)c(C(=O)N2CCC(c3ccc(C#N)cc3)CC2)c1. The van der Waals surface area contributed by atoms with Gasteiger partial charge in [0.1, 0.15) is 5.82 Å². The van der Waals surface area contributed by atoms with Crippen LogP contribution in [0.1, 0.15) is 40.2 Å². The summed E-state index contributed by atoms with van der Waals surface area (Å²) in [6, 6.07) is 13.1. The van der Waals surface area contributed by atoms with Crippen LogP contribution in [0, 0.1) is 17.1 Å². The Balaban J connectivity index is 1.69. The molecule has 8 heteroatoms. The number of nitriles is 1. The second-order valence-corrected chi connectivity index (χ2v) is 8.62. The number of nitrogens with zero attached hydrogens (tertiary/aromatic N) is 2.